The number of benzene rings is 2. The van der Waals surface area contributed by atoms with Gasteiger partial charge in [0.15, 0.2) is 0 Å². The Bertz CT molecular complexity index is 886. The molecule has 2 aromatic rings. The SMILES string of the molecule is CCC[C@H](C)NC(=O)CN(c1cccc(Cl)c1)S(=O)(=O)c1ccc(Cl)cc1. The molecule has 8 heteroatoms. The maximum absolute atomic E-state index is 13.2. The number of carbonyl (C=O) groups excluding carboxylic acids is 1. The summed E-state index contributed by atoms with van der Waals surface area (Å²) < 4.78 is 27.4. The van der Waals surface area contributed by atoms with E-state index in [0.29, 0.717) is 15.7 Å². The van der Waals surface area contributed by atoms with Crippen molar-refractivity contribution in [2.75, 3.05) is 10.8 Å². The fourth-order valence-electron chi connectivity index (χ4n) is 2.64. The zero-order valence-corrected chi connectivity index (χ0v) is 17.5. The van der Waals surface area contributed by atoms with E-state index in [1.807, 2.05) is 13.8 Å². The Morgan fingerprint density at radius 3 is 2.37 bits per heavy atom. The second-order valence-electron chi connectivity index (χ2n) is 6.20. The topological polar surface area (TPSA) is 66.5 Å². The lowest BCUT2D eigenvalue weighted by Crippen LogP contribution is -2.43. The lowest BCUT2D eigenvalue weighted by Gasteiger charge is -2.25. The van der Waals surface area contributed by atoms with Crippen molar-refractivity contribution in [3.63, 3.8) is 0 Å². The second kappa shape index (κ2) is 9.44. The molecule has 0 spiro atoms. The van der Waals surface area contributed by atoms with Crippen LogP contribution in [0.5, 0.6) is 0 Å². The van der Waals surface area contributed by atoms with Gasteiger partial charge < -0.3 is 5.32 Å². The standard InChI is InChI=1S/C19H22Cl2N2O3S/c1-3-5-14(2)22-19(24)13-23(17-7-4-6-16(21)12-17)27(25,26)18-10-8-15(20)9-11-18/h4,6-12,14H,3,5,13H2,1-2H3,(H,22,24)/t14-/m0/s1. The van der Waals surface area contributed by atoms with E-state index < -0.39 is 10.0 Å². The summed E-state index contributed by atoms with van der Waals surface area (Å²) in [6.45, 7) is 3.56. The van der Waals surface area contributed by atoms with Gasteiger partial charge in [-0.3, -0.25) is 9.10 Å². The number of rotatable bonds is 8. The lowest BCUT2D eigenvalue weighted by molar-refractivity contribution is -0.120. The summed E-state index contributed by atoms with van der Waals surface area (Å²) in [5.41, 5.74) is 0.316. The molecule has 27 heavy (non-hydrogen) atoms. The molecule has 0 fully saturated rings. The first kappa shape index (κ1) is 21.5. The molecule has 146 valence electrons. The smallest absolute Gasteiger partial charge is 0.264 e. The molecule has 0 aromatic heterocycles. The molecule has 5 nitrogen and oxygen atoms in total. The molecule has 1 atom stereocenters. The summed E-state index contributed by atoms with van der Waals surface area (Å²) in [5, 5.41) is 3.63. The number of amides is 1. The summed E-state index contributed by atoms with van der Waals surface area (Å²) in [4.78, 5) is 12.5. The molecule has 1 amide bonds. The van der Waals surface area contributed by atoms with E-state index in [0.717, 1.165) is 17.1 Å². The first-order chi connectivity index (χ1) is 12.7. The molecule has 0 unspecified atom stereocenters. The highest BCUT2D eigenvalue weighted by Gasteiger charge is 2.27. The van der Waals surface area contributed by atoms with Crippen molar-refractivity contribution in [3.05, 3.63) is 58.6 Å². The predicted molar refractivity (Wildman–Crippen MR) is 110 cm³/mol. The highest BCUT2D eigenvalue weighted by atomic mass is 35.5. The van der Waals surface area contributed by atoms with Gasteiger partial charge in [0.1, 0.15) is 6.54 Å². The van der Waals surface area contributed by atoms with Gasteiger partial charge in [0.25, 0.3) is 10.0 Å². The Hall–Kier alpha value is -1.76. The van der Waals surface area contributed by atoms with Crippen LogP contribution in [0.3, 0.4) is 0 Å². The maximum Gasteiger partial charge on any atom is 0.264 e. The van der Waals surface area contributed by atoms with Crippen LogP contribution in [0, 0.1) is 0 Å². The summed E-state index contributed by atoms with van der Waals surface area (Å²) in [6, 6.07) is 12.2. The van der Waals surface area contributed by atoms with Gasteiger partial charge in [0, 0.05) is 16.1 Å². The number of nitrogens with one attached hydrogen (secondary N) is 1. The van der Waals surface area contributed by atoms with Gasteiger partial charge in [0.2, 0.25) is 5.91 Å². The third kappa shape index (κ3) is 5.86. The molecule has 0 saturated heterocycles. The zero-order valence-electron chi connectivity index (χ0n) is 15.2. The molecule has 0 saturated carbocycles. The van der Waals surface area contributed by atoms with Crippen molar-refractivity contribution in [2.24, 2.45) is 0 Å². The van der Waals surface area contributed by atoms with Crippen molar-refractivity contribution in [3.8, 4) is 0 Å². The highest BCUT2D eigenvalue weighted by Crippen LogP contribution is 2.26. The quantitative estimate of drug-likeness (QED) is 0.672. The van der Waals surface area contributed by atoms with Gasteiger partial charge in [0.05, 0.1) is 10.6 Å². The molecule has 0 aliphatic carbocycles. The average molecular weight is 429 g/mol. The highest BCUT2D eigenvalue weighted by molar-refractivity contribution is 7.92. The summed E-state index contributed by atoms with van der Waals surface area (Å²) in [7, 11) is -3.98. The Morgan fingerprint density at radius 2 is 1.78 bits per heavy atom. The molecular formula is C19H22Cl2N2O3S. The van der Waals surface area contributed by atoms with E-state index in [-0.39, 0.29) is 23.4 Å². The molecule has 0 aliphatic rings. The van der Waals surface area contributed by atoms with Crippen molar-refractivity contribution >= 4 is 44.8 Å². The van der Waals surface area contributed by atoms with Crippen molar-refractivity contribution in [1.82, 2.24) is 5.32 Å². The summed E-state index contributed by atoms with van der Waals surface area (Å²) in [5.74, 6) is -0.381. The van der Waals surface area contributed by atoms with E-state index in [1.54, 1.807) is 18.2 Å². The van der Waals surface area contributed by atoms with E-state index in [4.69, 9.17) is 23.2 Å². The molecule has 0 aliphatic heterocycles. The fraction of sp³-hybridized carbons (Fsp3) is 0.316. The van der Waals surface area contributed by atoms with Crippen LogP contribution in [0.25, 0.3) is 0 Å². The first-order valence-electron chi connectivity index (χ1n) is 8.57. The molecule has 2 rings (SSSR count). The average Bonchev–Trinajstić information content (AvgIpc) is 2.60. The number of anilines is 1. The molecule has 0 bridgehead atoms. The summed E-state index contributed by atoms with van der Waals surface area (Å²) >= 11 is 11.9. The minimum Gasteiger partial charge on any atom is -0.352 e. The third-order valence-electron chi connectivity index (χ3n) is 3.91. The van der Waals surface area contributed by atoms with E-state index in [2.05, 4.69) is 5.32 Å². The Morgan fingerprint density at radius 1 is 1.11 bits per heavy atom. The molecule has 0 radical (unpaired) electrons. The van der Waals surface area contributed by atoms with Crippen LogP contribution in [0.2, 0.25) is 10.0 Å². The van der Waals surface area contributed by atoms with Crippen LogP contribution in [0.1, 0.15) is 26.7 Å². The van der Waals surface area contributed by atoms with E-state index >= 15 is 0 Å². The van der Waals surface area contributed by atoms with E-state index in [1.165, 1.54) is 30.3 Å². The first-order valence-corrected chi connectivity index (χ1v) is 10.8. The largest absolute Gasteiger partial charge is 0.352 e. The van der Waals surface area contributed by atoms with Gasteiger partial charge in [-0.2, -0.15) is 0 Å². The van der Waals surface area contributed by atoms with Crippen molar-refractivity contribution in [1.29, 1.82) is 0 Å². The Kier molecular flexibility index (Phi) is 7.53. The number of sulfonamides is 1. The number of hydrogen-bond acceptors (Lipinski definition) is 3. The van der Waals surface area contributed by atoms with Gasteiger partial charge in [-0.25, -0.2) is 8.42 Å². The molecule has 2 aromatic carbocycles. The van der Waals surface area contributed by atoms with Crippen LogP contribution >= 0.6 is 23.2 Å². The van der Waals surface area contributed by atoms with Crippen LogP contribution in [0.15, 0.2) is 53.4 Å². The predicted octanol–water partition coefficient (Wildman–Crippen LogP) is 4.49. The number of halogens is 2. The number of hydrogen-bond donors (Lipinski definition) is 1. The molecule has 1 N–H and O–H groups in total. The third-order valence-corrected chi connectivity index (χ3v) is 6.19. The van der Waals surface area contributed by atoms with Gasteiger partial charge in [-0.15, -0.1) is 0 Å². The maximum atomic E-state index is 13.2. The fourth-order valence-corrected chi connectivity index (χ4v) is 4.36. The summed E-state index contributed by atoms with van der Waals surface area (Å²) in [6.07, 6.45) is 1.73. The Labute approximate surface area is 170 Å². The minimum atomic E-state index is -3.98. The number of nitrogens with zero attached hydrogens (tertiary/aromatic N) is 1. The van der Waals surface area contributed by atoms with Gasteiger partial charge in [-0.05, 0) is 55.8 Å². The monoisotopic (exact) mass is 428 g/mol. The van der Waals surface area contributed by atoms with E-state index in [9.17, 15) is 13.2 Å². The van der Waals surface area contributed by atoms with Crippen LogP contribution < -0.4 is 9.62 Å². The van der Waals surface area contributed by atoms with Crippen molar-refractivity contribution < 1.29 is 13.2 Å². The number of carbonyl (C=O) groups is 1. The van der Waals surface area contributed by atoms with Crippen LogP contribution in [-0.4, -0.2) is 26.9 Å². The van der Waals surface area contributed by atoms with Gasteiger partial charge >= 0.3 is 0 Å². The lowest BCUT2D eigenvalue weighted by atomic mass is 10.2. The molecule has 0 heterocycles. The second-order valence-corrected chi connectivity index (χ2v) is 8.94. The Balaban J connectivity index is 2.38. The van der Waals surface area contributed by atoms with Crippen LogP contribution in [-0.2, 0) is 14.8 Å². The minimum absolute atomic E-state index is 0.0399. The normalized spacial score (nSPS) is 12.4. The van der Waals surface area contributed by atoms with Crippen LogP contribution in [0.4, 0.5) is 5.69 Å². The van der Waals surface area contributed by atoms with Gasteiger partial charge in [-0.1, -0.05) is 42.6 Å². The zero-order chi connectivity index (χ0) is 20.0. The van der Waals surface area contributed by atoms with Crippen molar-refractivity contribution in [2.45, 2.75) is 37.6 Å². The molecular weight excluding hydrogens is 407 g/mol.